The first-order valence-corrected chi connectivity index (χ1v) is 10.5. The van der Waals surface area contributed by atoms with Crippen molar-refractivity contribution < 1.29 is 14.3 Å². The van der Waals surface area contributed by atoms with E-state index in [1.807, 2.05) is 49.4 Å². The molecule has 0 unspecified atom stereocenters. The summed E-state index contributed by atoms with van der Waals surface area (Å²) < 4.78 is 5.44. The van der Waals surface area contributed by atoms with Crippen LogP contribution in [0.15, 0.2) is 48.5 Å². The molecule has 2 amide bonds. The summed E-state index contributed by atoms with van der Waals surface area (Å²) in [5.41, 5.74) is 4.09. The number of H-pyrrole nitrogens is 1. The number of ether oxygens (including phenoxy) is 1. The zero-order valence-electron chi connectivity index (χ0n) is 17.2. The van der Waals surface area contributed by atoms with Gasteiger partial charge in [0.25, 0.3) is 0 Å². The predicted molar refractivity (Wildman–Crippen MR) is 114 cm³/mol. The molecule has 1 aromatic heterocycles. The van der Waals surface area contributed by atoms with Gasteiger partial charge in [0.1, 0.15) is 11.8 Å². The first-order chi connectivity index (χ1) is 14.6. The molecule has 30 heavy (non-hydrogen) atoms. The number of hydrogen-bond donors (Lipinski definition) is 1. The van der Waals surface area contributed by atoms with Crippen molar-refractivity contribution in [2.75, 3.05) is 20.2 Å². The number of para-hydroxylation sites is 1. The minimum atomic E-state index is -0.485. The van der Waals surface area contributed by atoms with E-state index in [0.29, 0.717) is 13.0 Å². The molecule has 2 aromatic carbocycles. The Hall–Kier alpha value is -3.28. The number of methoxy groups -OCH3 is 1. The first kappa shape index (κ1) is 18.7. The first-order valence-electron chi connectivity index (χ1n) is 10.5. The summed E-state index contributed by atoms with van der Waals surface area (Å²) in [7, 11) is 1.63. The van der Waals surface area contributed by atoms with Gasteiger partial charge >= 0.3 is 0 Å². The number of fused-ring (bicyclic) bond motifs is 4. The fourth-order valence-corrected chi connectivity index (χ4v) is 4.94. The van der Waals surface area contributed by atoms with Gasteiger partial charge in [0, 0.05) is 29.6 Å². The number of aromatic nitrogens is 1. The van der Waals surface area contributed by atoms with Crippen LogP contribution in [-0.2, 0) is 16.0 Å². The second-order valence-electron chi connectivity index (χ2n) is 8.02. The number of nitrogens with one attached hydrogen (secondary N) is 1. The molecule has 0 saturated carbocycles. The van der Waals surface area contributed by atoms with Crippen molar-refractivity contribution in [1.82, 2.24) is 14.8 Å². The Morgan fingerprint density at radius 3 is 2.77 bits per heavy atom. The topological polar surface area (TPSA) is 65.6 Å². The zero-order chi connectivity index (χ0) is 20.8. The summed E-state index contributed by atoms with van der Waals surface area (Å²) >= 11 is 0. The van der Waals surface area contributed by atoms with Gasteiger partial charge in [-0.05, 0) is 35.7 Å². The lowest BCUT2D eigenvalue weighted by atomic mass is 9.86. The zero-order valence-corrected chi connectivity index (χ0v) is 17.2. The largest absolute Gasteiger partial charge is 0.497 e. The molecule has 2 aliphatic rings. The third-order valence-corrected chi connectivity index (χ3v) is 6.25. The third kappa shape index (κ3) is 2.78. The minimum Gasteiger partial charge on any atom is -0.497 e. The van der Waals surface area contributed by atoms with E-state index in [2.05, 4.69) is 11.1 Å². The summed E-state index contributed by atoms with van der Waals surface area (Å²) in [5, 5.41) is 1.12. The van der Waals surface area contributed by atoms with Crippen LogP contribution in [0.3, 0.4) is 0 Å². The normalized spacial score (nSPS) is 21.0. The van der Waals surface area contributed by atoms with Gasteiger partial charge < -0.3 is 19.5 Å². The van der Waals surface area contributed by atoms with Crippen molar-refractivity contribution in [3.8, 4) is 5.75 Å². The average molecular weight is 403 g/mol. The maximum atomic E-state index is 13.4. The van der Waals surface area contributed by atoms with E-state index in [4.69, 9.17) is 4.74 Å². The number of carbonyl (C=O) groups is 2. The molecule has 1 fully saturated rings. The summed E-state index contributed by atoms with van der Waals surface area (Å²) in [5.74, 6) is 0.765. The molecule has 1 N–H and O–H groups in total. The molecule has 0 spiro atoms. The van der Waals surface area contributed by atoms with E-state index < -0.39 is 6.04 Å². The smallest absolute Gasteiger partial charge is 0.246 e. The van der Waals surface area contributed by atoms with Crippen LogP contribution >= 0.6 is 0 Å². The Bertz CT molecular complexity index is 1140. The van der Waals surface area contributed by atoms with Gasteiger partial charge in [-0.2, -0.15) is 0 Å². The van der Waals surface area contributed by atoms with Crippen LogP contribution in [0, 0.1) is 0 Å². The summed E-state index contributed by atoms with van der Waals surface area (Å²) in [6, 6.07) is 15.1. The minimum absolute atomic E-state index is 0.00910. The van der Waals surface area contributed by atoms with Crippen molar-refractivity contribution in [2.24, 2.45) is 0 Å². The van der Waals surface area contributed by atoms with Crippen LogP contribution in [-0.4, -0.2) is 52.8 Å². The molecular weight excluding hydrogens is 378 g/mol. The number of nitrogens with zero attached hydrogens (tertiary/aromatic N) is 2. The van der Waals surface area contributed by atoms with Crippen molar-refractivity contribution in [3.63, 3.8) is 0 Å². The van der Waals surface area contributed by atoms with E-state index in [1.165, 1.54) is 0 Å². The second kappa shape index (κ2) is 7.20. The molecule has 154 valence electrons. The highest BCUT2D eigenvalue weighted by Gasteiger charge is 2.48. The van der Waals surface area contributed by atoms with Gasteiger partial charge in [0.05, 0.1) is 19.7 Å². The number of hydrogen-bond acceptors (Lipinski definition) is 3. The Kier molecular flexibility index (Phi) is 4.50. The van der Waals surface area contributed by atoms with Crippen molar-refractivity contribution in [2.45, 2.75) is 31.8 Å². The van der Waals surface area contributed by atoms with Crippen molar-refractivity contribution >= 4 is 22.7 Å². The molecule has 3 heterocycles. The van der Waals surface area contributed by atoms with Crippen LogP contribution < -0.4 is 4.74 Å². The highest BCUT2D eigenvalue weighted by Crippen LogP contribution is 2.43. The highest BCUT2D eigenvalue weighted by molar-refractivity contribution is 5.97. The summed E-state index contributed by atoms with van der Waals surface area (Å²) in [6.07, 6.45) is 1.37. The summed E-state index contributed by atoms with van der Waals surface area (Å²) in [6.45, 7) is 2.78. The van der Waals surface area contributed by atoms with Gasteiger partial charge in [-0.15, -0.1) is 0 Å². The van der Waals surface area contributed by atoms with E-state index in [-0.39, 0.29) is 24.4 Å². The standard InChI is InChI=1S/C24H25N3O3/c1-3-11-26-14-21(28)27-20(24(26)29)13-18-17-9-4-5-10-19(17)25-22(18)23(27)15-7-6-8-16(12-15)30-2/h4-10,12,20,23,25H,3,11,13-14H2,1-2H3/t20-,23+/m0/s1. The fourth-order valence-electron chi connectivity index (χ4n) is 4.94. The summed E-state index contributed by atoms with van der Waals surface area (Å²) in [4.78, 5) is 33.7. The molecular formula is C24H25N3O3. The van der Waals surface area contributed by atoms with Crippen LogP contribution in [0.25, 0.3) is 10.9 Å². The van der Waals surface area contributed by atoms with Crippen LogP contribution in [0.5, 0.6) is 5.75 Å². The predicted octanol–water partition coefficient (Wildman–Crippen LogP) is 3.27. The van der Waals surface area contributed by atoms with E-state index >= 15 is 0 Å². The van der Waals surface area contributed by atoms with Crippen LogP contribution in [0.1, 0.15) is 36.2 Å². The van der Waals surface area contributed by atoms with Gasteiger partial charge in [-0.25, -0.2) is 0 Å². The van der Waals surface area contributed by atoms with Crippen LogP contribution in [0.2, 0.25) is 0 Å². The molecule has 2 aliphatic heterocycles. The second-order valence-corrected chi connectivity index (χ2v) is 8.02. The molecule has 6 heteroatoms. The highest BCUT2D eigenvalue weighted by atomic mass is 16.5. The number of aromatic amines is 1. The molecule has 6 nitrogen and oxygen atoms in total. The SMILES string of the molecule is CCCN1CC(=O)N2[C@H](c3cccc(OC)c3)c3[nH]c4ccccc4c3C[C@H]2C1=O. The lowest BCUT2D eigenvalue weighted by molar-refractivity contribution is -0.158. The monoisotopic (exact) mass is 403 g/mol. The number of carbonyl (C=O) groups excluding carboxylic acids is 2. The fraction of sp³-hybridized carbons (Fsp3) is 0.333. The number of piperazine rings is 1. The Balaban J connectivity index is 1.71. The number of benzene rings is 2. The molecule has 0 aliphatic carbocycles. The van der Waals surface area contributed by atoms with E-state index in [0.717, 1.165) is 39.9 Å². The Morgan fingerprint density at radius 2 is 1.97 bits per heavy atom. The Morgan fingerprint density at radius 1 is 1.13 bits per heavy atom. The molecule has 5 rings (SSSR count). The number of rotatable bonds is 4. The lowest BCUT2D eigenvalue weighted by Gasteiger charge is -2.47. The molecule has 0 radical (unpaired) electrons. The molecule has 1 saturated heterocycles. The van der Waals surface area contributed by atoms with Crippen LogP contribution in [0.4, 0.5) is 0 Å². The van der Waals surface area contributed by atoms with E-state index in [1.54, 1.807) is 16.9 Å². The number of amides is 2. The van der Waals surface area contributed by atoms with E-state index in [9.17, 15) is 9.59 Å². The average Bonchev–Trinajstić information content (AvgIpc) is 3.14. The molecule has 2 atom stereocenters. The van der Waals surface area contributed by atoms with Crippen molar-refractivity contribution in [3.05, 3.63) is 65.4 Å². The van der Waals surface area contributed by atoms with Gasteiger partial charge in [0.2, 0.25) is 11.8 Å². The molecule has 0 bridgehead atoms. The van der Waals surface area contributed by atoms with Gasteiger partial charge in [-0.1, -0.05) is 37.3 Å². The van der Waals surface area contributed by atoms with Crippen molar-refractivity contribution in [1.29, 1.82) is 0 Å². The van der Waals surface area contributed by atoms with Gasteiger partial charge in [0.15, 0.2) is 0 Å². The van der Waals surface area contributed by atoms with Gasteiger partial charge in [-0.3, -0.25) is 9.59 Å². The Labute approximate surface area is 175 Å². The maximum absolute atomic E-state index is 13.4. The third-order valence-electron chi connectivity index (χ3n) is 6.25. The maximum Gasteiger partial charge on any atom is 0.246 e. The lowest BCUT2D eigenvalue weighted by Crippen LogP contribution is -2.63. The molecule has 3 aromatic rings. The quantitative estimate of drug-likeness (QED) is 0.727.